The third-order valence-electron chi connectivity index (χ3n) is 1.59. The normalized spacial score (nSPS) is 10.0. The fourth-order valence-electron chi connectivity index (χ4n) is 1.04. The minimum Gasteiger partial charge on any atom is -0.508 e. The van der Waals surface area contributed by atoms with Crippen molar-refractivity contribution in [3.05, 3.63) is 29.6 Å². The van der Waals surface area contributed by atoms with Crippen LogP contribution in [-0.2, 0) is 6.42 Å². The molecule has 0 unspecified atom stereocenters. The van der Waals surface area contributed by atoms with Crippen LogP contribution >= 0.6 is 0 Å². The van der Waals surface area contributed by atoms with Crippen LogP contribution in [0.15, 0.2) is 18.2 Å². The fourth-order valence-corrected chi connectivity index (χ4v) is 1.04. The van der Waals surface area contributed by atoms with Crippen molar-refractivity contribution in [1.29, 1.82) is 0 Å². The van der Waals surface area contributed by atoms with Gasteiger partial charge in [0.2, 0.25) is 0 Å². The number of phenolic OH excluding ortho intramolecular Hbond substituents is 1. The number of hydrogen-bond donors (Lipinski definition) is 1. The van der Waals surface area contributed by atoms with Crippen LogP contribution in [0.5, 0.6) is 5.75 Å². The van der Waals surface area contributed by atoms with Gasteiger partial charge in [0, 0.05) is 5.56 Å². The van der Waals surface area contributed by atoms with Gasteiger partial charge in [0.1, 0.15) is 11.6 Å². The molecule has 0 fully saturated rings. The monoisotopic (exact) mass is 154 g/mol. The highest BCUT2D eigenvalue weighted by Gasteiger charge is 2.04. The van der Waals surface area contributed by atoms with Crippen molar-refractivity contribution in [2.45, 2.75) is 19.8 Å². The maximum Gasteiger partial charge on any atom is 0.130 e. The standard InChI is InChI=1S/C9H11FO/c1-2-4-7-8(10)5-3-6-9(7)11/h3,5-6,11H,2,4H2,1H3. The highest BCUT2D eigenvalue weighted by molar-refractivity contribution is 5.33. The largest absolute Gasteiger partial charge is 0.508 e. The summed E-state index contributed by atoms with van der Waals surface area (Å²) in [5.74, 6) is -0.251. The average Bonchev–Trinajstić information content (AvgIpc) is 1.97. The van der Waals surface area contributed by atoms with E-state index in [2.05, 4.69) is 0 Å². The highest BCUT2D eigenvalue weighted by atomic mass is 19.1. The van der Waals surface area contributed by atoms with E-state index in [-0.39, 0.29) is 11.6 Å². The number of phenols is 1. The van der Waals surface area contributed by atoms with Crippen LogP contribution < -0.4 is 0 Å². The lowest BCUT2D eigenvalue weighted by molar-refractivity contribution is 0.458. The Bertz CT molecular complexity index is 225. The lowest BCUT2D eigenvalue weighted by atomic mass is 10.1. The molecule has 2 heteroatoms. The maximum absolute atomic E-state index is 12.9. The number of aromatic hydroxyl groups is 1. The van der Waals surface area contributed by atoms with E-state index in [4.69, 9.17) is 0 Å². The molecular weight excluding hydrogens is 143 g/mol. The van der Waals surface area contributed by atoms with E-state index < -0.39 is 0 Å². The van der Waals surface area contributed by atoms with E-state index >= 15 is 0 Å². The number of benzene rings is 1. The van der Waals surface area contributed by atoms with Crippen LogP contribution in [0.3, 0.4) is 0 Å². The molecule has 0 amide bonds. The molecule has 0 atom stereocenters. The first-order valence-corrected chi connectivity index (χ1v) is 3.72. The van der Waals surface area contributed by atoms with Crippen molar-refractivity contribution in [2.75, 3.05) is 0 Å². The van der Waals surface area contributed by atoms with Gasteiger partial charge in [0.05, 0.1) is 0 Å². The van der Waals surface area contributed by atoms with Crippen LogP contribution in [0.1, 0.15) is 18.9 Å². The molecule has 1 aromatic rings. The van der Waals surface area contributed by atoms with Crippen molar-refractivity contribution in [3.63, 3.8) is 0 Å². The molecule has 1 N–H and O–H groups in total. The van der Waals surface area contributed by atoms with Crippen molar-refractivity contribution in [2.24, 2.45) is 0 Å². The molecule has 1 nitrogen and oxygen atoms in total. The Morgan fingerprint density at radius 2 is 2.18 bits per heavy atom. The van der Waals surface area contributed by atoms with E-state index in [1.54, 1.807) is 0 Å². The summed E-state index contributed by atoms with van der Waals surface area (Å²) >= 11 is 0. The highest BCUT2D eigenvalue weighted by Crippen LogP contribution is 2.20. The maximum atomic E-state index is 12.9. The second kappa shape index (κ2) is 3.37. The molecule has 0 saturated heterocycles. The number of halogens is 1. The molecule has 0 aliphatic heterocycles. The fraction of sp³-hybridized carbons (Fsp3) is 0.333. The summed E-state index contributed by atoms with van der Waals surface area (Å²) in [6.45, 7) is 1.95. The molecule has 1 rings (SSSR count). The first kappa shape index (κ1) is 8.05. The zero-order valence-corrected chi connectivity index (χ0v) is 6.47. The lowest BCUT2D eigenvalue weighted by Crippen LogP contribution is -1.89. The summed E-state index contributed by atoms with van der Waals surface area (Å²) in [5.41, 5.74) is 0.426. The van der Waals surface area contributed by atoms with E-state index in [9.17, 15) is 9.50 Å². The van der Waals surface area contributed by atoms with Gasteiger partial charge in [-0.05, 0) is 18.6 Å². The van der Waals surface area contributed by atoms with Crippen LogP contribution in [0.2, 0.25) is 0 Å². The van der Waals surface area contributed by atoms with E-state index in [1.807, 2.05) is 6.92 Å². The van der Waals surface area contributed by atoms with Gasteiger partial charge >= 0.3 is 0 Å². The molecule has 0 heterocycles. The SMILES string of the molecule is CCCc1c(O)cccc1F. The van der Waals surface area contributed by atoms with Crippen molar-refractivity contribution in [3.8, 4) is 5.75 Å². The van der Waals surface area contributed by atoms with Gasteiger partial charge in [-0.1, -0.05) is 19.4 Å². The molecule has 0 aliphatic rings. The summed E-state index contributed by atoms with van der Waals surface area (Å²) < 4.78 is 12.9. The van der Waals surface area contributed by atoms with Gasteiger partial charge in [0.15, 0.2) is 0 Å². The summed E-state index contributed by atoms with van der Waals surface area (Å²) in [4.78, 5) is 0. The van der Waals surface area contributed by atoms with Gasteiger partial charge in [0.25, 0.3) is 0 Å². The van der Waals surface area contributed by atoms with Gasteiger partial charge in [-0.2, -0.15) is 0 Å². The third-order valence-corrected chi connectivity index (χ3v) is 1.59. The van der Waals surface area contributed by atoms with Gasteiger partial charge in [-0.3, -0.25) is 0 Å². The predicted octanol–water partition coefficient (Wildman–Crippen LogP) is 2.48. The number of rotatable bonds is 2. The molecule has 0 spiro atoms. The Hall–Kier alpha value is -1.05. The van der Waals surface area contributed by atoms with Gasteiger partial charge in [-0.25, -0.2) is 4.39 Å². The van der Waals surface area contributed by atoms with Crippen LogP contribution in [0.25, 0.3) is 0 Å². The minimum atomic E-state index is -0.313. The number of hydrogen-bond acceptors (Lipinski definition) is 1. The van der Waals surface area contributed by atoms with Gasteiger partial charge in [-0.15, -0.1) is 0 Å². The molecule has 0 aliphatic carbocycles. The Morgan fingerprint density at radius 1 is 1.45 bits per heavy atom. The van der Waals surface area contributed by atoms with Gasteiger partial charge < -0.3 is 5.11 Å². The summed E-state index contributed by atoms with van der Waals surface area (Å²) in [6.07, 6.45) is 1.44. The lowest BCUT2D eigenvalue weighted by Gasteiger charge is -2.02. The predicted molar refractivity (Wildman–Crippen MR) is 42.1 cm³/mol. The van der Waals surface area contributed by atoms with E-state index in [1.165, 1.54) is 18.2 Å². The van der Waals surface area contributed by atoms with Crippen molar-refractivity contribution >= 4 is 0 Å². The molecule has 11 heavy (non-hydrogen) atoms. The van der Waals surface area contributed by atoms with Crippen LogP contribution in [0.4, 0.5) is 4.39 Å². The first-order chi connectivity index (χ1) is 5.25. The average molecular weight is 154 g/mol. The summed E-state index contributed by atoms with van der Waals surface area (Å²) in [5, 5.41) is 9.18. The molecule has 0 saturated carbocycles. The summed E-state index contributed by atoms with van der Waals surface area (Å²) in [6, 6.07) is 4.38. The first-order valence-electron chi connectivity index (χ1n) is 3.72. The second-order valence-corrected chi connectivity index (χ2v) is 2.49. The van der Waals surface area contributed by atoms with Crippen molar-refractivity contribution < 1.29 is 9.50 Å². The molecule has 0 bridgehead atoms. The van der Waals surface area contributed by atoms with Crippen LogP contribution in [0, 0.1) is 5.82 Å². The Balaban J connectivity index is 3.00. The smallest absolute Gasteiger partial charge is 0.130 e. The Labute approximate surface area is 65.5 Å². The molecule has 0 radical (unpaired) electrons. The quantitative estimate of drug-likeness (QED) is 0.693. The Morgan fingerprint density at radius 3 is 2.73 bits per heavy atom. The second-order valence-electron chi connectivity index (χ2n) is 2.49. The molecule has 60 valence electrons. The van der Waals surface area contributed by atoms with Crippen molar-refractivity contribution in [1.82, 2.24) is 0 Å². The Kier molecular flexibility index (Phi) is 2.47. The van der Waals surface area contributed by atoms with E-state index in [0.29, 0.717) is 12.0 Å². The third kappa shape index (κ3) is 1.70. The topological polar surface area (TPSA) is 20.2 Å². The van der Waals surface area contributed by atoms with E-state index in [0.717, 1.165) is 6.42 Å². The minimum absolute atomic E-state index is 0.0619. The molecular formula is C9H11FO. The zero-order chi connectivity index (χ0) is 8.27. The molecule has 0 aromatic heterocycles. The molecule has 1 aromatic carbocycles. The zero-order valence-electron chi connectivity index (χ0n) is 6.47. The van der Waals surface area contributed by atoms with Crippen LogP contribution in [-0.4, -0.2) is 5.11 Å². The summed E-state index contributed by atoms with van der Waals surface area (Å²) in [7, 11) is 0.